The minimum absolute atomic E-state index is 0.0361. The maximum absolute atomic E-state index is 13.0. The number of carboxylic acid groups (broad SMARTS) is 1. The Morgan fingerprint density at radius 2 is 1.96 bits per heavy atom. The standard InChI is InChI=1S/C15H15FN2O5/c1-9-14(10-2-4-11(16)5-3-10)18(15(22)23-9)8-12(19)17-7-6-13(20)21/h2-5H,6-8H2,1H3,(H,17,19)(H,20,21). The van der Waals surface area contributed by atoms with Crippen LogP contribution in [0.15, 0.2) is 33.5 Å². The molecule has 1 heterocycles. The topological polar surface area (TPSA) is 102 Å². The molecule has 0 spiro atoms. The van der Waals surface area contributed by atoms with E-state index >= 15 is 0 Å². The lowest BCUT2D eigenvalue weighted by Gasteiger charge is -2.08. The summed E-state index contributed by atoms with van der Waals surface area (Å²) in [5.74, 6) is -2.38. The molecule has 0 fully saturated rings. The Hall–Kier alpha value is -2.90. The van der Waals surface area contributed by atoms with Crippen LogP contribution in [0, 0.1) is 12.7 Å². The number of nitrogens with one attached hydrogen (secondary N) is 1. The maximum atomic E-state index is 13.0. The van der Waals surface area contributed by atoms with Crippen molar-refractivity contribution in [2.75, 3.05) is 6.54 Å². The first-order chi connectivity index (χ1) is 10.9. The zero-order valence-corrected chi connectivity index (χ0v) is 12.3. The highest BCUT2D eigenvalue weighted by atomic mass is 19.1. The fraction of sp³-hybridized carbons (Fsp3) is 0.267. The highest BCUT2D eigenvalue weighted by molar-refractivity contribution is 5.77. The van der Waals surface area contributed by atoms with E-state index < -0.39 is 23.4 Å². The van der Waals surface area contributed by atoms with E-state index in [1.807, 2.05) is 0 Å². The third-order valence-electron chi connectivity index (χ3n) is 3.14. The number of oxazole rings is 1. The number of aryl methyl sites for hydroxylation is 1. The molecule has 0 atom stereocenters. The van der Waals surface area contributed by atoms with E-state index in [-0.39, 0.29) is 19.5 Å². The van der Waals surface area contributed by atoms with E-state index in [9.17, 15) is 18.8 Å². The molecule has 1 amide bonds. The van der Waals surface area contributed by atoms with Crippen molar-refractivity contribution < 1.29 is 23.5 Å². The highest BCUT2D eigenvalue weighted by Gasteiger charge is 2.17. The fourth-order valence-electron chi connectivity index (χ4n) is 2.13. The summed E-state index contributed by atoms with van der Waals surface area (Å²) in [4.78, 5) is 34.1. The lowest BCUT2D eigenvalue weighted by Crippen LogP contribution is -2.32. The lowest BCUT2D eigenvalue weighted by molar-refractivity contribution is -0.136. The number of aliphatic carboxylic acids is 1. The van der Waals surface area contributed by atoms with Crippen molar-refractivity contribution in [2.45, 2.75) is 19.9 Å². The smallest absolute Gasteiger partial charge is 0.420 e. The Morgan fingerprint density at radius 1 is 1.30 bits per heavy atom. The number of hydrogen-bond donors (Lipinski definition) is 2. The molecule has 2 aromatic rings. The maximum Gasteiger partial charge on any atom is 0.420 e. The molecule has 7 nitrogen and oxygen atoms in total. The summed E-state index contributed by atoms with van der Waals surface area (Å²) < 4.78 is 19.2. The first-order valence-corrected chi connectivity index (χ1v) is 6.83. The second-order valence-corrected chi connectivity index (χ2v) is 4.86. The molecule has 2 N–H and O–H groups in total. The molecule has 0 aliphatic heterocycles. The number of rotatable bonds is 6. The number of carbonyl (C=O) groups is 2. The summed E-state index contributed by atoms with van der Waals surface area (Å²) in [7, 11) is 0. The van der Waals surface area contributed by atoms with Crippen molar-refractivity contribution in [1.82, 2.24) is 9.88 Å². The van der Waals surface area contributed by atoms with Crippen LogP contribution in [0.4, 0.5) is 4.39 Å². The van der Waals surface area contributed by atoms with E-state index in [0.717, 1.165) is 4.57 Å². The second-order valence-electron chi connectivity index (χ2n) is 4.86. The van der Waals surface area contributed by atoms with Gasteiger partial charge in [-0.2, -0.15) is 0 Å². The molecule has 8 heteroatoms. The van der Waals surface area contributed by atoms with Gasteiger partial charge in [0.25, 0.3) is 0 Å². The first kappa shape index (κ1) is 16.5. The van der Waals surface area contributed by atoms with Crippen LogP contribution in [0.2, 0.25) is 0 Å². The highest BCUT2D eigenvalue weighted by Crippen LogP contribution is 2.22. The Labute approximate surface area is 130 Å². The summed E-state index contributed by atoms with van der Waals surface area (Å²) in [5.41, 5.74) is 0.913. The molecule has 2 rings (SSSR count). The van der Waals surface area contributed by atoms with E-state index in [4.69, 9.17) is 9.52 Å². The molecule has 0 bridgehead atoms. The van der Waals surface area contributed by atoms with Gasteiger partial charge in [0.2, 0.25) is 5.91 Å². The number of carbonyl (C=O) groups excluding carboxylic acids is 1. The number of benzene rings is 1. The van der Waals surface area contributed by atoms with Crippen LogP contribution in [0.1, 0.15) is 12.2 Å². The second kappa shape index (κ2) is 6.91. The minimum Gasteiger partial charge on any atom is -0.481 e. The minimum atomic E-state index is -1.03. The Kier molecular flexibility index (Phi) is 4.95. The Morgan fingerprint density at radius 3 is 2.57 bits per heavy atom. The van der Waals surface area contributed by atoms with Crippen LogP contribution in [-0.4, -0.2) is 28.1 Å². The predicted molar refractivity (Wildman–Crippen MR) is 78.4 cm³/mol. The van der Waals surface area contributed by atoms with Crippen LogP contribution in [-0.2, 0) is 16.1 Å². The molecular weight excluding hydrogens is 307 g/mol. The van der Waals surface area contributed by atoms with Gasteiger partial charge in [-0.15, -0.1) is 0 Å². The Balaban J connectivity index is 2.22. The number of hydrogen-bond acceptors (Lipinski definition) is 4. The van der Waals surface area contributed by atoms with Gasteiger partial charge in [0, 0.05) is 12.1 Å². The van der Waals surface area contributed by atoms with E-state index in [0.29, 0.717) is 17.0 Å². The fourth-order valence-corrected chi connectivity index (χ4v) is 2.13. The van der Waals surface area contributed by atoms with Crippen molar-refractivity contribution >= 4 is 11.9 Å². The summed E-state index contributed by atoms with van der Waals surface area (Å²) in [6.45, 7) is 1.22. The number of carboxylic acids is 1. The van der Waals surface area contributed by atoms with Gasteiger partial charge in [0.1, 0.15) is 18.1 Å². The molecule has 0 aliphatic rings. The number of amides is 1. The molecule has 0 saturated carbocycles. The average Bonchev–Trinajstić information content (AvgIpc) is 2.74. The van der Waals surface area contributed by atoms with E-state index in [2.05, 4.69) is 5.32 Å². The normalized spacial score (nSPS) is 10.5. The van der Waals surface area contributed by atoms with Crippen LogP contribution < -0.4 is 11.1 Å². The average molecular weight is 322 g/mol. The van der Waals surface area contributed by atoms with Crippen molar-refractivity contribution in [3.8, 4) is 11.3 Å². The van der Waals surface area contributed by atoms with Crippen molar-refractivity contribution in [1.29, 1.82) is 0 Å². The van der Waals surface area contributed by atoms with Gasteiger partial charge in [-0.3, -0.25) is 14.2 Å². The van der Waals surface area contributed by atoms with Gasteiger partial charge >= 0.3 is 11.7 Å². The predicted octanol–water partition coefficient (Wildman–Crippen LogP) is 1.15. The van der Waals surface area contributed by atoms with E-state index in [1.54, 1.807) is 6.92 Å². The molecule has 0 saturated heterocycles. The van der Waals surface area contributed by atoms with Crippen LogP contribution in [0.5, 0.6) is 0 Å². The summed E-state index contributed by atoms with van der Waals surface area (Å²) >= 11 is 0. The number of nitrogens with zero attached hydrogens (tertiary/aromatic N) is 1. The molecule has 23 heavy (non-hydrogen) atoms. The molecule has 0 aliphatic carbocycles. The Bertz CT molecular complexity index is 776. The first-order valence-electron chi connectivity index (χ1n) is 6.83. The van der Waals surface area contributed by atoms with Gasteiger partial charge in [-0.1, -0.05) is 0 Å². The molecule has 0 radical (unpaired) electrons. The van der Waals surface area contributed by atoms with E-state index in [1.165, 1.54) is 24.3 Å². The van der Waals surface area contributed by atoms with Crippen molar-refractivity contribution in [2.24, 2.45) is 0 Å². The van der Waals surface area contributed by atoms with Gasteiger partial charge in [-0.05, 0) is 31.2 Å². The number of halogens is 1. The molecule has 1 aromatic carbocycles. The van der Waals surface area contributed by atoms with Gasteiger partial charge < -0.3 is 14.8 Å². The van der Waals surface area contributed by atoms with Crippen molar-refractivity contribution in [3.63, 3.8) is 0 Å². The monoisotopic (exact) mass is 322 g/mol. The lowest BCUT2D eigenvalue weighted by atomic mass is 10.1. The molecule has 122 valence electrons. The quantitative estimate of drug-likeness (QED) is 0.830. The molecule has 0 unspecified atom stereocenters. The van der Waals surface area contributed by atoms with Crippen molar-refractivity contribution in [3.05, 3.63) is 46.4 Å². The largest absolute Gasteiger partial charge is 0.481 e. The van der Waals surface area contributed by atoms with Crippen LogP contribution >= 0.6 is 0 Å². The zero-order chi connectivity index (χ0) is 17.0. The third-order valence-corrected chi connectivity index (χ3v) is 3.14. The summed E-state index contributed by atoms with van der Waals surface area (Å²) in [6.07, 6.45) is -0.212. The molecular formula is C15H15FN2O5. The summed E-state index contributed by atoms with van der Waals surface area (Å²) in [6, 6.07) is 5.43. The third kappa shape index (κ3) is 4.06. The summed E-state index contributed by atoms with van der Waals surface area (Å²) in [5, 5.41) is 10.9. The molecule has 1 aromatic heterocycles. The van der Waals surface area contributed by atoms with Crippen LogP contribution in [0.25, 0.3) is 11.3 Å². The van der Waals surface area contributed by atoms with Crippen LogP contribution in [0.3, 0.4) is 0 Å². The zero-order valence-electron chi connectivity index (χ0n) is 12.3. The van der Waals surface area contributed by atoms with Gasteiger partial charge in [0.05, 0.1) is 12.1 Å². The SMILES string of the molecule is Cc1oc(=O)n(CC(=O)NCCC(=O)O)c1-c1ccc(F)cc1. The number of aromatic nitrogens is 1. The van der Waals surface area contributed by atoms with Gasteiger partial charge in [-0.25, -0.2) is 9.18 Å². The van der Waals surface area contributed by atoms with Gasteiger partial charge in [0.15, 0.2) is 0 Å².